The lowest BCUT2D eigenvalue weighted by Gasteiger charge is -2.22. The quantitative estimate of drug-likeness (QED) is 0.284. The molecule has 0 aliphatic carbocycles. The van der Waals surface area contributed by atoms with Crippen LogP contribution >= 0.6 is 15.9 Å². The summed E-state index contributed by atoms with van der Waals surface area (Å²) in [6, 6.07) is 16.7. The number of hydrazone groups is 1. The third kappa shape index (κ3) is 6.21. The maximum atomic E-state index is 13.6. The van der Waals surface area contributed by atoms with Gasteiger partial charge in [-0.05, 0) is 45.8 Å². The number of methoxy groups -OCH3 is 2. The fraction of sp³-hybridized carbons (Fsp3) is 0.200. The molecule has 0 radical (unpaired) electrons. The molecule has 1 heterocycles. The molecule has 12 heteroatoms. The summed E-state index contributed by atoms with van der Waals surface area (Å²) in [7, 11) is -1.22. The molecular weight excluding hydrogens is 566 g/mol. The number of carbonyl (C=O) groups is 1. The van der Waals surface area contributed by atoms with E-state index in [0.717, 1.165) is 4.31 Å². The van der Waals surface area contributed by atoms with Crippen molar-refractivity contribution in [2.45, 2.75) is 11.4 Å². The molecule has 0 atom stereocenters. The van der Waals surface area contributed by atoms with Crippen LogP contribution in [0.1, 0.15) is 11.1 Å². The van der Waals surface area contributed by atoms with Crippen LogP contribution in [-0.2, 0) is 21.4 Å². The Morgan fingerprint density at radius 2 is 1.76 bits per heavy atom. The van der Waals surface area contributed by atoms with E-state index in [2.05, 4.69) is 26.5 Å². The third-order valence-corrected chi connectivity index (χ3v) is 7.87. The number of nitrogens with zero attached hydrogens (tertiary/aromatic N) is 2. The first-order chi connectivity index (χ1) is 17.8. The molecule has 10 nitrogen and oxygen atoms in total. The van der Waals surface area contributed by atoms with Crippen LogP contribution in [0.2, 0.25) is 0 Å². The van der Waals surface area contributed by atoms with E-state index in [1.54, 1.807) is 36.4 Å². The number of hydrogen-bond donors (Lipinski definition) is 1. The van der Waals surface area contributed by atoms with Gasteiger partial charge in [0.05, 0.1) is 31.9 Å². The number of benzene rings is 3. The Bertz CT molecular complexity index is 1420. The monoisotopic (exact) mass is 589 g/mol. The molecule has 0 spiro atoms. The highest BCUT2D eigenvalue weighted by Gasteiger charge is 2.28. The molecular formula is C25H24BrN3O7S. The van der Waals surface area contributed by atoms with Crippen molar-refractivity contribution < 1.29 is 32.2 Å². The molecule has 0 fully saturated rings. The summed E-state index contributed by atoms with van der Waals surface area (Å²) in [5.74, 6) is 1.19. The molecule has 1 N–H and O–H groups in total. The number of sulfonamides is 1. The van der Waals surface area contributed by atoms with Crippen LogP contribution in [-0.4, -0.2) is 52.4 Å². The Hall–Kier alpha value is -3.61. The second-order valence-electron chi connectivity index (χ2n) is 7.80. The molecule has 3 aromatic rings. The topological polar surface area (TPSA) is 116 Å². The first-order valence-corrected chi connectivity index (χ1v) is 13.2. The van der Waals surface area contributed by atoms with E-state index in [1.165, 1.54) is 38.6 Å². The van der Waals surface area contributed by atoms with Crippen LogP contribution in [0.4, 0.5) is 0 Å². The number of ether oxygens (including phenoxy) is 4. The molecule has 3 aromatic carbocycles. The Morgan fingerprint density at radius 1 is 1.05 bits per heavy atom. The highest BCUT2D eigenvalue weighted by molar-refractivity contribution is 9.10. The summed E-state index contributed by atoms with van der Waals surface area (Å²) < 4.78 is 50.0. The minimum atomic E-state index is -4.10. The van der Waals surface area contributed by atoms with Crippen molar-refractivity contribution in [1.82, 2.24) is 9.73 Å². The van der Waals surface area contributed by atoms with Gasteiger partial charge in [-0.1, -0.05) is 30.3 Å². The standard InChI is InChI=1S/C25H24BrN3O7S/c1-33-21-9-8-19(11-22(21)34-2)37(31,32)29(14-17-6-4-3-5-7-17)15-25(30)28-27-13-18-10-23-24(12-20(18)26)36-16-35-23/h3-13H,14-16H2,1-2H3,(H,28,30)/b27-13+. The van der Waals surface area contributed by atoms with Crippen molar-refractivity contribution >= 4 is 38.1 Å². The summed E-state index contributed by atoms with van der Waals surface area (Å²) in [5, 5.41) is 3.98. The zero-order chi connectivity index (χ0) is 26.4. The van der Waals surface area contributed by atoms with Crippen LogP contribution in [0.15, 0.2) is 75.1 Å². The summed E-state index contributed by atoms with van der Waals surface area (Å²) in [4.78, 5) is 12.7. The highest BCUT2D eigenvalue weighted by atomic mass is 79.9. The van der Waals surface area contributed by atoms with Crippen molar-refractivity contribution in [2.24, 2.45) is 5.10 Å². The first-order valence-electron chi connectivity index (χ1n) is 11.0. The number of nitrogens with one attached hydrogen (secondary N) is 1. The van der Waals surface area contributed by atoms with Crippen LogP contribution in [0.25, 0.3) is 0 Å². The van der Waals surface area contributed by atoms with E-state index in [4.69, 9.17) is 18.9 Å². The molecule has 37 heavy (non-hydrogen) atoms. The smallest absolute Gasteiger partial charge is 0.255 e. The van der Waals surface area contributed by atoms with Crippen molar-refractivity contribution in [1.29, 1.82) is 0 Å². The Morgan fingerprint density at radius 3 is 2.46 bits per heavy atom. The predicted octanol–water partition coefficient (Wildman–Crippen LogP) is 3.54. The third-order valence-electron chi connectivity index (χ3n) is 5.40. The average molecular weight is 590 g/mol. The molecule has 1 aliphatic heterocycles. The summed E-state index contributed by atoms with van der Waals surface area (Å²) in [6.07, 6.45) is 1.42. The number of halogens is 1. The van der Waals surface area contributed by atoms with E-state index in [-0.39, 0.29) is 24.0 Å². The Kier molecular flexibility index (Phi) is 8.31. The minimum absolute atomic E-state index is 0.0254. The predicted molar refractivity (Wildman–Crippen MR) is 140 cm³/mol. The normalized spacial score (nSPS) is 12.6. The lowest BCUT2D eigenvalue weighted by Crippen LogP contribution is -2.39. The average Bonchev–Trinajstić information content (AvgIpc) is 3.35. The van der Waals surface area contributed by atoms with E-state index in [9.17, 15) is 13.2 Å². The van der Waals surface area contributed by atoms with Crippen molar-refractivity contribution in [3.05, 3.63) is 76.3 Å². The number of rotatable bonds is 10. The highest BCUT2D eigenvalue weighted by Crippen LogP contribution is 2.36. The fourth-order valence-electron chi connectivity index (χ4n) is 3.54. The SMILES string of the molecule is COc1ccc(S(=O)(=O)N(CC(=O)N/N=C/c2cc3c(cc2Br)OCO3)Cc2ccccc2)cc1OC. The lowest BCUT2D eigenvalue weighted by molar-refractivity contribution is -0.121. The zero-order valence-electron chi connectivity index (χ0n) is 20.0. The zero-order valence-corrected chi connectivity index (χ0v) is 22.4. The molecule has 0 unspecified atom stereocenters. The fourth-order valence-corrected chi connectivity index (χ4v) is 5.37. The van der Waals surface area contributed by atoms with Gasteiger partial charge in [-0.3, -0.25) is 4.79 Å². The summed E-state index contributed by atoms with van der Waals surface area (Å²) in [6.45, 7) is -0.363. The molecule has 0 aromatic heterocycles. The first kappa shape index (κ1) is 26.5. The molecule has 0 saturated heterocycles. The van der Waals surface area contributed by atoms with E-state index in [0.29, 0.717) is 32.8 Å². The van der Waals surface area contributed by atoms with Crippen molar-refractivity contribution in [2.75, 3.05) is 27.6 Å². The van der Waals surface area contributed by atoms with Gasteiger partial charge in [0.25, 0.3) is 5.91 Å². The van der Waals surface area contributed by atoms with Gasteiger partial charge >= 0.3 is 0 Å². The van der Waals surface area contributed by atoms with Gasteiger partial charge in [-0.15, -0.1) is 0 Å². The molecule has 4 rings (SSSR count). The van der Waals surface area contributed by atoms with Crippen LogP contribution < -0.4 is 24.4 Å². The second kappa shape index (κ2) is 11.6. The number of amides is 1. The number of hydrogen-bond acceptors (Lipinski definition) is 8. The van der Waals surface area contributed by atoms with E-state index in [1.807, 2.05) is 6.07 Å². The van der Waals surface area contributed by atoms with Gasteiger partial charge in [0.15, 0.2) is 23.0 Å². The number of fused-ring (bicyclic) bond motifs is 1. The van der Waals surface area contributed by atoms with Gasteiger partial charge in [0.2, 0.25) is 16.8 Å². The van der Waals surface area contributed by atoms with Gasteiger partial charge in [-0.2, -0.15) is 9.41 Å². The van der Waals surface area contributed by atoms with Gasteiger partial charge in [0, 0.05) is 22.6 Å². The maximum absolute atomic E-state index is 13.6. The lowest BCUT2D eigenvalue weighted by atomic mass is 10.2. The molecule has 0 bridgehead atoms. The van der Waals surface area contributed by atoms with Gasteiger partial charge in [-0.25, -0.2) is 13.8 Å². The van der Waals surface area contributed by atoms with Crippen molar-refractivity contribution in [3.8, 4) is 23.0 Å². The molecule has 0 saturated carbocycles. The van der Waals surface area contributed by atoms with Gasteiger partial charge < -0.3 is 18.9 Å². The maximum Gasteiger partial charge on any atom is 0.255 e. The van der Waals surface area contributed by atoms with Crippen molar-refractivity contribution in [3.63, 3.8) is 0 Å². The Labute approximate surface area is 223 Å². The minimum Gasteiger partial charge on any atom is -0.493 e. The molecule has 1 amide bonds. The van der Waals surface area contributed by atoms with E-state index < -0.39 is 22.5 Å². The number of carbonyl (C=O) groups excluding carboxylic acids is 1. The largest absolute Gasteiger partial charge is 0.493 e. The van der Waals surface area contributed by atoms with Crippen LogP contribution in [0.5, 0.6) is 23.0 Å². The van der Waals surface area contributed by atoms with E-state index >= 15 is 0 Å². The second-order valence-corrected chi connectivity index (χ2v) is 10.6. The molecule has 194 valence electrons. The van der Waals surface area contributed by atoms with Gasteiger partial charge in [0.1, 0.15) is 0 Å². The summed E-state index contributed by atoms with van der Waals surface area (Å²) >= 11 is 3.42. The Balaban J connectivity index is 1.54. The van der Waals surface area contributed by atoms with Crippen LogP contribution in [0, 0.1) is 0 Å². The van der Waals surface area contributed by atoms with Crippen LogP contribution in [0.3, 0.4) is 0 Å². The summed E-state index contributed by atoms with van der Waals surface area (Å²) in [5.41, 5.74) is 3.75. The molecule has 1 aliphatic rings.